The number of carbonyl (C=O) groups is 1. The van der Waals surface area contributed by atoms with Crippen LogP contribution >= 0.6 is 0 Å². The summed E-state index contributed by atoms with van der Waals surface area (Å²) in [4.78, 5) is 25.2. The van der Waals surface area contributed by atoms with Crippen LogP contribution in [0.5, 0.6) is 5.75 Å². The number of ether oxygens (including phenoxy) is 1. The topological polar surface area (TPSA) is 120 Å². The van der Waals surface area contributed by atoms with E-state index in [2.05, 4.69) is 32.5 Å². The van der Waals surface area contributed by atoms with Gasteiger partial charge in [-0.15, -0.1) is 0 Å². The Morgan fingerprint density at radius 1 is 1.13 bits per heavy atom. The SMILES string of the molecule is COc1cc(C(=O)N(C)C2CCN(C)CC2)ccc1Nc1ncc(C(F)(F)F)c(NCc2ccc(C)cc2N(C)S(C)(=O)=O)n1. The van der Waals surface area contributed by atoms with E-state index >= 15 is 0 Å². The van der Waals surface area contributed by atoms with Gasteiger partial charge in [0, 0.05) is 38.4 Å². The molecule has 0 unspecified atom stereocenters. The maximum absolute atomic E-state index is 13.9. The van der Waals surface area contributed by atoms with Gasteiger partial charge in [0.25, 0.3) is 5.91 Å². The van der Waals surface area contributed by atoms with Crippen molar-refractivity contribution >= 4 is 39.1 Å². The van der Waals surface area contributed by atoms with Gasteiger partial charge in [-0.2, -0.15) is 18.2 Å². The summed E-state index contributed by atoms with van der Waals surface area (Å²) in [5, 5.41) is 5.60. The largest absolute Gasteiger partial charge is 0.495 e. The van der Waals surface area contributed by atoms with Crippen molar-refractivity contribution in [3.8, 4) is 5.75 Å². The van der Waals surface area contributed by atoms with Crippen molar-refractivity contribution in [2.75, 3.05) is 62.5 Å². The Balaban J connectivity index is 1.58. The molecule has 0 spiro atoms. The maximum atomic E-state index is 13.9. The Kier molecular flexibility index (Phi) is 10.1. The Morgan fingerprint density at radius 3 is 2.44 bits per heavy atom. The van der Waals surface area contributed by atoms with Crippen LogP contribution in [0.3, 0.4) is 0 Å². The lowest BCUT2D eigenvalue weighted by atomic mass is 10.0. The van der Waals surface area contributed by atoms with E-state index in [1.807, 2.05) is 0 Å². The average molecular weight is 650 g/mol. The molecule has 1 aliphatic heterocycles. The monoisotopic (exact) mass is 649 g/mol. The fourth-order valence-electron chi connectivity index (χ4n) is 5.06. The first kappa shape index (κ1) is 33.8. The summed E-state index contributed by atoms with van der Waals surface area (Å²) in [5.74, 6) is -0.532. The quantitative estimate of drug-likeness (QED) is 0.321. The average Bonchev–Trinajstić information content (AvgIpc) is 2.99. The zero-order chi connectivity index (χ0) is 33.1. The van der Waals surface area contributed by atoms with E-state index in [9.17, 15) is 26.4 Å². The van der Waals surface area contributed by atoms with Gasteiger partial charge < -0.3 is 25.2 Å². The van der Waals surface area contributed by atoms with Gasteiger partial charge in [0.2, 0.25) is 16.0 Å². The van der Waals surface area contributed by atoms with E-state index in [1.54, 1.807) is 55.3 Å². The van der Waals surface area contributed by atoms with E-state index in [4.69, 9.17) is 4.74 Å². The van der Waals surface area contributed by atoms with E-state index < -0.39 is 27.6 Å². The number of methoxy groups -OCH3 is 1. The highest BCUT2D eigenvalue weighted by Gasteiger charge is 2.35. The number of halogens is 3. The number of aromatic nitrogens is 2. The fraction of sp³-hybridized carbons (Fsp3) is 0.433. The van der Waals surface area contributed by atoms with Crippen LogP contribution in [0.1, 0.15) is 39.9 Å². The number of anilines is 4. The number of nitrogens with zero attached hydrogens (tertiary/aromatic N) is 5. The molecule has 0 saturated carbocycles. The second kappa shape index (κ2) is 13.5. The van der Waals surface area contributed by atoms with E-state index in [-0.39, 0.29) is 30.2 Å². The van der Waals surface area contributed by atoms with Gasteiger partial charge >= 0.3 is 6.18 Å². The molecule has 45 heavy (non-hydrogen) atoms. The van der Waals surface area contributed by atoms with Crippen molar-refractivity contribution in [1.29, 1.82) is 0 Å². The minimum atomic E-state index is -4.76. The number of carbonyl (C=O) groups excluding carboxylic acids is 1. The van der Waals surface area contributed by atoms with Gasteiger partial charge in [-0.3, -0.25) is 9.10 Å². The van der Waals surface area contributed by atoms with Crippen molar-refractivity contribution in [3.05, 3.63) is 64.8 Å². The van der Waals surface area contributed by atoms with Crippen LogP contribution in [0.15, 0.2) is 42.6 Å². The predicted octanol–water partition coefficient (Wildman–Crippen LogP) is 4.73. The highest BCUT2D eigenvalue weighted by molar-refractivity contribution is 7.92. The van der Waals surface area contributed by atoms with E-state index in [0.717, 1.165) is 42.1 Å². The second-order valence-corrected chi connectivity index (χ2v) is 13.2. The molecule has 11 nitrogen and oxygen atoms in total. The van der Waals surface area contributed by atoms with Crippen LogP contribution < -0.4 is 19.7 Å². The molecule has 1 fully saturated rings. The molecule has 0 radical (unpaired) electrons. The maximum Gasteiger partial charge on any atom is 0.421 e. The third-order valence-corrected chi connectivity index (χ3v) is 9.06. The molecule has 15 heteroatoms. The number of rotatable bonds is 10. The molecular weight excluding hydrogens is 611 g/mol. The predicted molar refractivity (Wildman–Crippen MR) is 168 cm³/mol. The molecule has 3 aromatic rings. The molecule has 2 aromatic carbocycles. The molecule has 0 atom stereocenters. The Bertz CT molecular complexity index is 1640. The van der Waals surface area contributed by atoms with Crippen molar-refractivity contribution in [2.45, 2.75) is 38.5 Å². The van der Waals surface area contributed by atoms with E-state index in [0.29, 0.717) is 28.7 Å². The Labute approximate surface area is 261 Å². The van der Waals surface area contributed by atoms with Crippen LogP contribution in [0.2, 0.25) is 0 Å². The first-order valence-electron chi connectivity index (χ1n) is 14.2. The van der Waals surface area contributed by atoms with Gasteiger partial charge in [0.1, 0.15) is 17.1 Å². The van der Waals surface area contributed by atoms with Crippen molar-refractivity contribution < 1.29 is 31.1 Å². The standard InChI is InChI=1S/C30H38F3N7O4S/c1-19-7-8-21(25(15-19)40(4)45(6,42)43)17-34-27-23(30(31,32)33)18-35-29(37-27)36-24-10-9-20(16-26(24)44-5)28(41)39(3)22-11-13-38(2)14-12-22/h7-10,15-16,18,22H,11-14,17H2,1-6H3,(H2,34,35,36,37). The first-order chi connectivity index (χ1) is 21.1. The highest BCUT2D eigenvalue weighted by atomic mass is 32.2. The van der Waals surface area contributed by atoms with Gasteiger partial charge in [0.15, 0.2) is 0 Å². The zero-order valence-electron chi connectivity index (χ0n) is 26.1. The lowest BCUT2D eigenvalue weighted by Gasteiger charge is -2.35. The van der Waals surface area contributed by atoms with Crippen LogP contribution in [0.4, 0.5) is 36.3 Å². The molecule has 244 valence electrons. The molecule has 4 rings (SSSR count). The van der Waals surface area contributed by atoms with Crippen molar-refractivity contribution in [3.63, 3.8) is 0 Å². The lowest BCUT2D eigenvalue weighted by Crippen LogP contribution is -2.44. The summed E-state index contributed by atoms with van der Waals surface area (Å²) in [6.07, 6.45) is -1.31. The molecule has 0 aliphatic carbocycles. The first-order valence-corrected chi connectivity index (χ1v) is 16.1. The summed E-state index contributed by atoms with van der Waals surface area (Å²) < 4.78 is 72.7. The van der Waals surface area contributed by atoms with Crippen LogP contribution in [0.25, 0.3) is 0 Å². The second-order valence-electron chi connectivity index (χ2n) is 11.2. The highest BCUT2D eigenvalue weighted by Crippen LogP contribution is 2.36. The zero-order valence-corrected chi connectivity index (χ0v) is 26.9. The summed E-state index contributed by atoms with van der Waals surface area (Å²) in [7, 11) is 3.00. The van der Waals surface area contributed by atoms with Gasteiger partial charge in [-0.05, 0) is 75.3 Å². The van der Waals surface area contributed by atoms with Crippen molar-refractivity contribution in [2.24, 2.45) is 0 Å². The summed E-state index contributed by atoms with van der Waals surface area (Å²) in [6, 6.07) is 9.90. The molecule has 1 amide bonds. The molecule has 2 heterocycles. The minimum Gasteiger partial charge on any atom is -0.495 e. The number of aryl methyl sites for hydroxylation is 1. The smallest absolute Gasteiger partial charge is 0.421 e. The Hall–Kier alpha value is -4.11. The molecule has 1 saturated heterocycles. The number of hydrogen-bond acceptors (Lipinski definition) is 9. The van der Waals surface area contributed by atoms with Crippen LogP contribution in [0, 0.1) is 6.92 Å². The number of sulfonamides is 1. The lowest BCUT2D eigenvalue weighted by molar-refractivity contribution is -0.137. The van der Waals surface area contributed by atoms with Gasteiger partial charge in [-0.1, -0.05) is 12.1 Å². The number of benzene rings is 2. The van der Waals surface area contributed by atoms with Crippen molar-refractivity contribution in [1.82, 2.24) is 19.8 Å². The number of amides is 1. The fourth-order valence-corrected chi connectivity index (χ4v) is 5.59. The third kappa shape index (κ3) is 8.14. The normalized spacial score (nSPS) is 14.6. The number of alkyl halides is 3. The molecule has 2 N–H and O–H groups in total. The molecular formula is C30H38F3N7O4S. The molecule has 0 bridgehead atoms. The molecule has 1 aromatic heterocycles. The Morgan fingerprint density at radius 2 is 1.82 bits per heavy atom. The van der Waals surface area contributed by atoms with Gasteiger partial charge in [-0.25, -0.2) is 13.4 Å². The summed E-state index contributed by atoms with van der Waals surface area (Å²) in [5.41, 5.74) is 1.21. The van der Waals surface area contributed by atoms with Crippen LogP contribution in [-0.2, 0) is 22.7 Å². The summed E-state index contributed by atoms with van der Waals surface area (Å²) >= 11 is 0. The number of piperidine rings is 1. The molecule has 1 aliphatic rings. The minimum absolute atomic E-state index is 0.117. The third-order valence-electron chi connectivity index (χ3n) is 7.87. The van der Waals surface area contributed by atoms with E-state index in [1.165, 1.54) is 14.2 Å². The van der Waals surface area contributed by atoms with Gasteiger partial charge in [0.05, 0.1) is 24.7 Å². The number of hydrogen-bond donors (Lipinski definition) is 2. The number of nitrogens with one attached hydrogen (secondary N) is 2. The summed E-state index contributed by atoms with van der Waals surface area (Å²) in [6.45, 7) is 3.44. The van der Waals surface area contributed by atoms with Crippen LogP contribution in [-0.4, -0.2) is 87.7 Å². The number of likely N-dealkylation sites (tertiary alicyclic amines) is 1.